The van der Waals surface area contributed by atoms with E-state index >= 15 is 0 Å². The maximum absolute atomic E-state index is 12.0. The fourth-order valence-corrected chi connectivity index (χ4v) is 10.1. The van der Waals surface area contributed by atoms with E-state index in [1.165, 1.54) is 17.8 Å². The van der Waals surface area contributed by atoms with Crippen LogP contribution >= 0.6 is 92.8 Å². The molecule has 7 N–H and O–H groups in total. The Kier molecular flexibility index (Phi) is 23.6. The van der Waals surface area contributed by atoms with Gasteiger partial charge < -0.3 is 31.4 Å². The van der Waals surface area contributed by atoms with Gasteiger partial charge in [-0.3, -0.25) is 29.7 Å². The van der Waals surface area contributed by atoms with Crippen molar-refractivity contribution >= 4 is 144 Å². The van der Waals surface area contributed by atoms with Crippen LogP contribution in [-0.2, 0) is 0 Å². The van der Waals surface area contributed by atoms with Gasteiger partial charge in [0.05, 0.1) is 31.5 Å². The Hall–Kier alpha value is -6.20. The molecule has 0 spiro atoms. The molecule has 0 unspecified atom stereocenters. The molecule has 6 heterocycles. The molecular weight excluding hydrogens is 1180 g/mol. The Balaban J connectivity index is 0.000000170. The number of aromatic nitrogens is 6. The smallest absolute Gasteiger partial charge is 0.423 e. The molecular formula is C59H54BCl8N9O3. The quantitative estimate of drug-likeness (QED) is 0.0864. The van der Waals surface area contributed by atoms with Crippen LogP contribution in [0.25, 0.3) is 55.2 Å². The summed E-state index contributed by atoms with van der Waals surface area (Å²) in [5.41, 5.74) is 23.7. The van der Waals surface area contributed by atoms with E-state index < -0.39 is 7.12 Å². The van der Waals surface area contributed by atoms with Gasteiger partial charge in [0.25, 0.3) is 0 Å². The molecule has 21 heteroatoms. The number of fused-ring (bicyclic) bond motifs is 2. The summed E-state index contributed by atoms with van der Waals surface area (Å²) in [5, 5.41) is 23.3. The Labute approximate surface area is 504 Å². The van der Waals surface area contributed by atoms with Gasteiger partial charge in [0.2, 0.25) is 0 Å². The van der Waals surface area contributed by atoms with Gasteiger partial charge in [0.15, 0.2) is 5.43 Å². The first-order chi connectivity index (χ1) is 38.2. The number of nitrogens with one attached hydrogen (secondary N) is 1. The van der Waals surface area contributed by atoms with Gasteiger partial charge >= 0.3 is 7.12 Å². The number of nitrogens with two attached hydrogens (primary N) is 2. The number of hydrogen-bond donors (Lipinski definition) is 5. The third-order valence-corrected chi connectivity index (χ3v) is 14.1. The van der Waals surface area contributed by atoms with Crippen LogP contribution in [0.15, 0.2) is 151 Å². The SMILES string of the molecule is CCCN(CCC)c1cc(C)nc2c(-c3ccc(Cl)cc3Cl)cncc12.Cc1cc(=O)c2cncc(-c3ccc(Cl)cc3Cl)c2[nH]1.Cc1cnccc1N.Nc1ccncc1-c1ccc(Cl)cc1Cl.OB(O)c1ccc(Cl)cc1Cl. The van der Waals surface area contributed by atoms with Crippen molar-refractivity contribution in [3.63, 3.8) is 0 Å². The maximum atomic E-state index is 12.0. The van der Waals surface area contributed by atoms with Gasteiger partial charge in [0.1, 0.15) is 0 Å². The number of H-pyrrole nitrogens is 1. The van der Waals surface area contributed by atoms with E-state index in [2.05, 4.69) is 49.7 Å². The molecule has 12 nitrogen and oxygen atoms in total. The van der Waals surface area contributed by atoms with Crippen molar-refractivity contribution in [2.24, 2.45) is 0 Å². The number of aromatic amines is 1. The summed E-state index contributed by atoms with van der Waals surface area (Å²) in [6, 6.07) is 27.8. The zero-order chi connectivity index (χ0) is 58.2. The lowest BCUT2D eigenvalue weighted by Crippen LogP contribution is -2.30. The number of aryl methyl sites for hydroxylation is 3. The largest absolute Gasteiger partial charge is 0.489 e. The van der Waals surface area contributed by atoms with E-state index in [0.29, 0.717) is 46.2 Å². The van der Waals surface area contributed by atoms with Crippen LogP contribution in [0.4, 0.5) is 17.1 Å². The third-order valence-electron chi connectivity index (χ3n) is 11.9. The number of nitrogens with zero attached hydrogens (tertiary/aromatic N) is 6. The first kappa shape index (κ1) is 63.0. The average molecular weight is 1230 g/mol. The highest BCUT2D eigenvalue weighted by Gasteiger charge is 2.18. The molecule has 4 aromatic carbocycles. The van der Waals surface area contributed by atoms with Gasteiger partial charge in [-0.2, -0.15) is 0 Å². The Morgan fingerprint density at radius 3 is 1.49 bits per heavy atom. The molecule has 0 aliphatic rings. The Morgan fingerprint density at radius 1 is 0.525 bits per heavy atom. The predicted octanol–water partition coefficient (Wildman–Crippen LogP) is 16.0. The molecule has 0 amide bonds. The second-order valence-electron chi connectivity index (χ2n) is 17.9. The summed E-state index contributed by atoms with van der Waals surface area (Å²) in [5.74, 6) is 0. The van der Waals surface area contributed by atoms with Crippen LogP contribution in [-0.4, -0.2) is 60.2 Å². The van der Waals surface area contributed by atoms with Gasteiger partial charge in [-0.15, -0.1) is 0 Å². The third kappa shape index (κ3) is 16.9. The molecule has 10 rings (SSSR count). The number of pyridine rings is 6. The minimum atomic E-state index is -1.54. The summed E-state index contributed by atoms with van der Waals surface area (Å²) in [7, 11) is -1.54. The molecule has 412 valence electrons. The topological polar surface area (TPSA) is 193 Å². The molecule has 0 saturated carbocycles. The highest BCUT2D eigenvalue weighted by Crippen LogP contribution is 2.38. The Morgan fingerprint density at radius 2 is 1.00 bits per heavy atom. The van der Waals surface area contributed by atoms with Crippen LogP contribution in [0.1, 0.15) is 43.6 Å². The van der Waals surface area contributed by atoms with Crippen molar-refractivity contribution < 1.29 is 10.0 Å². The van der Waals surface area contributed by atoms with E-state index in [4.69, 9.17) is 119 Å². The van der Waals surface area contributed by atoms with Crippen LogP contribution in [0.3, 0.4) is 0 Å². The lowest BCUT2D eigenvalue weighted by atomic mass is 9.80. The van der Waals surface area contributed by atoms with Crippen LogP contribution in [0, 0.1) is 20.8 Å². The molecule has 0 radical (unpaired) electrons. The highest BCUT2D eigenvalue weighted by molar-refractivity contribution is 6.63. The molecule has 6 aromatic heterocycles. The van der Waals surface area contributed by atoms with Gasteiger partial charge in [-0.1, -0.05) is 131 Å². The number of anilines is 3. The maximum Gasteiger partial charge on any atom is 0.489 e. The van der Waals surface area contributed by atoms with Crippen LogP contribution < -0.4 is 27.3 Å². The van der Waals surface area contributed by atoms with E-state index in [0.717, 1.165) is 98.4 Å². The molecule has 0 fully saturated rings. The monoisotopic (exact) mass is 1230 g/mol. The minimum Gasteiger partial charge on any atom is -0.423 e. The zero-order valence-electron chi connectivity index (χ0n) is 43.9. The molecule has 10 aromatic rings. The summed E-state index contributed by atoms with van der Waals surface area (Å²) < 4.78 is 0. The molecule has 0 aliphatic carbocycles. The molecule has 0 bridgehead atoms. The molecule has 80 heavy (non-hydrogen) atoms. The van der Waals surface area contributed by atoms with Crippen LogP contribution in [0.2, 0.25) is 40.2 Å². The number of rotatable bonds is 9. The second kappa shape index (κ2) is 30.0. The summed E-state index contributed by atoms with van der Waals surface area (Å²) >= 11 is 47.7. The summed E-state index contributed by atoms with van der Waals surface area (Å²) in [4.78, 5) is 39.0. The fraction of sp³-hybridized carbons (Fsp3) is 0.153. The van der Waals surface area contributed by atoms with E-state index in [1.807, 2.05) is 57.4 Å². The van der Waals surface area contributed by atoms with Crippen molar-refractivity contribution in [2.75, 3.05) is 29.5 Å². The molecule has 0 saturated heterocycles. The first-order valence-corrected chi connectivity index (χ1v) is 27.7. The first-order valence-electron chi connectivity index (χ1n) is 24.7. The van der Waals surface area contributed by atoms with E-state index in [1.54, 1.807) is 91.8 Å². The normalized spacial score (nSPS) is 10.5. The van der Waals surface area contributed by atoms with Crippen molar-refractivity contribution in [3.05, 3.63) is 214 Å². The fourth-order valence-electron chi connectivity index (χ4n) is 8.04. The van der Waals surface area contributed by atoms with Gasteiger partial charge in [-0.25, -0.2) is 0 Å². The van der Waals surface area contributed by atoms with Gasteiger partial charge in [-0.05, 0) is 106 Å². The molecule has 0 aliphatic heterocycles. The summed E-state index contributed by atoms with van der Waals surface area (Å²) in [6.45, 7) is 12.2. The number of hydrogen-bond acceptors (Lipinski definition) is 11. The second-order valence-corrected chi connectivity index (χ2v) is 21.3. The average Bonchev–Trinajstić information content (AvgIpc) is 3.41. The standard InChI is InChI=1S/C21H23Cl2N3.C15H10Cl2N2O.C11H8Cl2N2.C6H5BCl2O2.C6H8N2/c1-4-8-26(9-5-2)20-10-14(3)25-21-17(12-24-13-18(20)21)16-7-6-15(22)11-19(16)23;1-8-4-14(20)12-7-18-6-11(15(12)19-8)10-3-2-9(16)5-13(10)17;12-7-1-2-8(10(13)5-7)9-6-15-4-3-11(9)14;8-4-1-2-5(7(10)11)6(9)3-4;1-5-4-8-3-2-6(5)7/h6-7,10-13H,4-5,8-9H2,1-3H3;2-7H,1H3,(H,19,20);1-6H,(H2,14,15);1-3,10-11H;2-4H,1H3,(H2,7,8). The van der Waals surface area contributed by atoms with Crippen molar-refractivity contribution in [3.8, 4) is 33.4 Å². The van der Waals surface area contributed by atoms with Crippen molar-refractivity contribution in [2.45, 2.75) is 47.5 Å². The number of nitrogen functional groups attached to an aromatic ring is 2. The van der Waals surface area contributed by atoms with E-state index in [9.17, 15) is 4.79 Å². The number of halogens is 8. The molecule has 0 atom stereocenters. The highest BCUT2D eigenvalue weighted by atomic mass is 35.5. The predicted molar refractivity (Wildman–Crippen MR) is 339 cm³/mol. The van der Waals surface area contributed by atoms with Crippen molar-refractivity contribution in [1.82, 2.24) is 29.9 Å². The van der Waals surface area contributed by atoms with E-state index in [-0.39, 0.29) is 15.9 Å². The lowest BCUT2D eigenvalue weighted by molar-refractivity contribution is 0.426. The van der Waals surface area contributed by atoms with Crippen LogP contribution in [0.5, 0.6) is 0 Å². The Bertz CT molecular complexity index is 3790. The summed E-state index contributed by atoms with van der Waals surface area (Å²) in [6.07, 6.45) is 15.9. The van der Waals surface area contributed by atoms with Gasteiger partial charge in [0, 0.05) is 167 Å². The van der Waals surface area contributed by atoms with Crippen molar-refractivity contribution in [1.29, 1.82) is 0 Å². The lowest BCUT2D eigenvalue weighted by Gasteiger charge is -2.26. The zero-order valence-corrected chi connectivity index (χ0v) is 50.0. The minimum absolute atomic E-state index is 0.0596. The number of benzene rings is 4.